The summed E-state index contributed by atoms with van der Waals surface area (Å²) in [6.45, 7) is 2.62. The van der Waals surface area contributed by atoms with Crippen molar-refractivity contribution >= 4 is 17.3 Å². The van der Waals surface area contributed by atoms with Crippen LogP contribution in [-0.4, -0.2) is 10.9 Å². The molecule has 0 spiro atoms. The van der Waals surface area contributed by atoms with Gasteiger partial charge in [0.15, 0.2) is 0 Å². The number of nitrogens with one attached hydrogen (secondary N) is 2. The lowest BCUT2D eigenvalue weighted by Gasteiger charge is -2.11. The quantitative estimate of drug-likeness (QED) is 0.707. The summed E-state index contributed by atoms with van der Waals surface area (Å²) in [6.07, 6.45) is 2.64. The zero-order valence-electron chi connectivity index (χ0n) is 14.2. The average Bonchev–Trinajstić information content (AvgIpc) is 2.68. The number of hydrogen-bond donors (Lipinski definition) is 2. The minimum Gasteiger partial charge on any atom is -0.354 e. The molecule has 1 heterocycles. The Morgan fingerprint density at radius 1 is 0.960 bits per heavy atom. The van der Waals surface area contributed by atoms with E-state index < -0.39 is 0 Å². The smallest absolute Gasteiger partial charge is 0.270 e. The molecule has 0 aliphatic heterocycles. The van der Waals surface area contributed by atoms with Crippen LogP contribution in [0.2, 0.25) is 0 Å². The van der Waals surface area contributed by atoms with E-state index in [1.807, 2.05) is 54.6 Å². The first-order chi connectivity index (χ1) is 12.3. The van der Waals surface area contributed by atoms with Gasteiger partial charge in [0.05, 0.1) is 11.9 Å². The molecule has 0 unspecified atom stereocenters. The van der Waals surface area contributed by atoms with Gasteiger partial charge in [0.2, 0.25) is 0 Å². The highest BCUT2D eigenvalue weighted by molar-refractivity contribution is 5.92. The SMILES string of the molecule is CCc1ccccc1Nc1ccc(C(=O)NCc2ccccc2)nc1. The van der Waals surface area contributed by atoms with Crippen molar-refractivity contribution in [2.45, 2.75) is 19.9 Å². The van der Waals surface area contributed by atoms with Crippen molar-refractivity contribution in [1.29, 1.82) is 0 Å². The number of carbonyl (C=O) groups excluding carboxylic acids is 1. The van der Waals surface area contributed by atoms with Gasteiger partial charge in [-0.15, -0.1) is 0 Å². The first-order valence-corrected chi connectivity index (χ1v) is 8.39. The third-order valence-corrected chi connectivity index (χ3v) is 3.97. The number of amides is 1. The molecule has 25 heavy (non-hydrogen) atoms. The van der Waals surface area contributed by atoms with Gasteiger partial charge in [-0.3, -0.25) is 4.79 Å². The van der Waals surface area contributed by atoms with E-state index in [0.717, 1.165) is 23.4 Å². The highest BCUT2D eigenvalue weighted by Crippen LogP contribution is 2.20. The minimum atomic E-state index is -0.177. The highest BCUT2D eigenvalue weighted by Gasteiger charge is 2.07. The molecule has 0 fully saturated rings. The van der Waals surface area contributed by atoms with Crippen LogP contribution < -0.4 is 10.6 Å². The van der Waals surface area contributed by atoms with Crippen molar-refractivity contribution in [3.8, 4) is 0 Å². The van der Waals surface area contributed by atoms with Crippen LogP contribution in [-0.2, 0) is 13.0 Å². The van der Waals surface area contributed by atoms with Crippen LogP contribution in [0, 0.1) is 0 Å². The molecule has 4 nitrogen and oxygen atoms in total. The number of benzene rings is 2. The Bertz CT molecular complexity index is 829. The van der Waals surface area contributed by atoms with E-state index in [2.05, 4.69) is 28.6 Å². The number of aromatic nitrogens is 1. The lowest BCUT2D eigenvalue weighted by Crippen LogP contribution is -2.23. The predicted octanol–water partition coefficient (Wildman–Crippen LogP) is 4.32. The van der Waals surface area contributed by atoms with Crippen molar-refractivity contribution in [2.24, 2.45) is 0 Å². The van der Waals surface area contributed by atoms with Crippen molar-refractivity contribution in [1.82, 2.24) is 10.3 Å². The van der Waals surface area contributed by atoms with Crippen LogP contribution in [0.25, 0.3) is 0 Å². The second-order valence-corrected chi connectivity index (χ2v) is 5.74. The molecule has 3 rings (SSSR count). The fourth-order valence-electron chi connectivity index (χ4n) is 2.58. The number of rotatable bonds is 6. The third-order valence-electron chi connectivity index (χ3n) is 3.97. The molecular formula is C21H21N3O. The zero-order valence-corrected chi connectivity index (χ0v) is 14.2. The van der Waals surface area contributed by atoms with E-state index in [0.29, 0.717) is 12.2 Å². The topological polar surface area (TPSA) is 54.0 Å². The Hall–Kier alpha value is -3.14. The number of anilines is 2. The largest absolute Gasteiger partial charge is 0.354 e. The Morgan fingerprint density at radius 2 is 1.72 bits per heavy atom. The molecule has 2 aromatic carbocycles. The second-order valence-electron chi connectivity index (χ2n) is 5.74. The molecule has 3 aromatic rings. The summed E-state index contributed by atoms with van der Waals surface area (Å²) in [5, 5.41) is 6.23. The maximum absolute atomic E-state index is 12.2. The normalized spacial score (nSPS) is 10.3. The molecule has 1 aromatic heterocycles. The van der Waals surface area contributed by atoms with Crippen molar-refractivity contribution in [3.63, 3.8) is 0 Å². The van der Waals surface area contributed by atoms with Gasteiger partial charge in [0.1, 0.15) is 5.69 Å². The van der Waals surface area contributed by atoms with E-state index in [4.69, 9.17) is 0 Å². The summed E-state index contributed by atoms with van der Waals surface area (Å²) < 4.78 is 0. The van der Waals surface area contributed by atoms with Gasteiger partial charge in [0, 0.05) is 12.2 Å². The minimum absolute atomic E-state index is 0.177. The van der Waals surface area contributed by atoms with Gasteiger partial charge in [-0.2, -0.15) is 0 Å². The van der Waals surface area contributed by atoms with Crippen molar-refractivity contribution < 1.29 is 4.79 Å². The van der Waals surface area contributed by atoms with E-state index in [-0.39, 0.29) is 5.91 Å². The molecule has 1 amide bonds. The van der Waals surface area contributed by atoms with Crippen LogP contribution >= 0.6 is 0 Å². The lowest BCUT2D eigenvalue weighted by atomic mass is 10.1. The summed E-state index contributed by atoms with van der Waals surface area (Å²) in [4.78, 5) is 16.5. The van der Waals surface area contributed by atoms with E-state index in [9.17, 15) is 4.79 Å². The summed E-state index contributed by atoms with van der Waals surface area (Å²) >= 11 is 0. The second kappa shape index (κ2) is 8.11. The van der Waals surface area contributed by atoms with Crippen molar-refractivity contribution in [3.05, 3.63) is 89.7 Å². The Kier molecular flexibility index (Phi) is 5.42. The number of hydrogen-bond acceptors (Lipinski definition) is 3. The Labute approximate surface area is 147 Å². The van der Waals surface area contributed by atoms with Crippen LogP contribution in [0.4, 0.5) is 11.4 Å². The van der Waals surface area contributed by atoms with Crippen LogP contribution in [0.1, 0.15) is 28.5 Å². The predicted molar refractivity (Wildman–Crippen MR) is 101 cm³/mol. The molecule has 0 radical (unpaired) electrons. The number of para-hydroxylation sites is 1. The molecule has 0 saturated heterocycles. The Morgan fingerprint density at radius 3 is 2.44 bits per heavy atom. The fourth-order valence-corrected chi connectivity index (χ4v) is 2.58. The summed E-state index contributed by atoms with van der Waals surface area (Å²) in [5.74, 6) is -0.177. The van der Waals surface area contributed by atoms with Gasteiger partial charge in [-0.1, -0.05) is 55.5 Å². The summed E-state index contributed by atoms with van der Waals surface area (Å²) in [5.41, 5.74) is 4.64. The molecule has 0 atom stereocenters. The standard InChI is InChI=1S/C21H21N3O/c1-2-17-10-6-7-11-19(17)24-18-12-13-20(22-15-18)21(25)23-14-16-8-4-3-5-9-16/h3-13,15,24H,2,14H2,1H3,(H,23,25). The molecule has 126 valence electrons. The molecular weight excluding hydrogens is 310 g/mol. The van der Waals surface area contributed by atoms with Crippen molar-refractivity contribution in [2.75, 3.05) is 5.32 Å². The monoisotopic (exact) mass is 331 g/mol. The molecule has 2 N–H and O–H groups in total. The highest BCUT2D eigenvalue weighted by atomic mass is 16.1. The lowest BCUT2D eigenvalue weighted by molar-refractivity contribution is 0.0946. The maximum atomic E-state index is 12.2. The molecule has 4 heteroatoms. The van der Waals surface area contributed by atoms with E-state index in [1.165, 1.54) is 5.56 Å². The molecule has 0 aliphatic carbocycles. The van der Waals surface area contributed by atoms with Gasteiger partial charge in [0.25, 0.3) is 5.91 Å². The van der Waals surface area contributed by atoms with Gasteiger partial charge >= 0.3 is 0 Å². The number of aryl methyl sites for hydroxylation is 1. The van der Waals surface area contributed by atoms with Crippen LogP contribution in [0.5, 0.6) is 0 Å². The summed E-state index contributed by atoms with van der Waals surface area (Å²) in [7, 11) is 0. The molecule has 0 aliphatic rings. The first kappa shape index (κ1) is 16.7. The molecule has 0 bridgehead atoms. The van der Waals surface area contributed by atoms with Gasteiger partial charge in [-0.25, -0.2) is 4.98 Å². The maximum Gasteiger partial charge on any atom is 0.270 e. The zero-order chi connectivity index (χ0) is 17.5. The summed E-state index contributed by atoms with van der Waals surface area (Å²) in [6, 6.07) is 21.6. The van der Waals surface area contributed by atoms with Crippen LogP contribution in [0.3, 0.4) is 0 Å². The molecule has 0 saturated carbocycles. The average molecular weight is 331 g/mol. The van der Waals surface area contributed by atoms with Gasteiger partial charge in [-0.05, 0) is 35.7 Å². The fraction of sp³-hybridized carbons (Fsp3) is 0.143. The first-order valence-electron chi connectivity index (χ1n) is 8.39. The van der Waals surface area contributed by atoms with E-state index >= 15 is 0 Å². The number of nitrogens with zero attached hydrogens (tertiary/aromatic N) is 1. The van der Waals surface area contributed by atoms with E-state index in [1.54, 1.807) is 12.3 Å². The van der Waals surface area contributed by atoms with Gasteiger partial charge < -0.3 is 10.6 Å². The number of carbonyl (C=O) groups is 1. The third kappa shape index (κ3) is 4.44. The Balaban J connectivity index is 1.62. The number of pyridine rings is 1. The van der Waals surface area contributed by atoms with Crippen LogP contribution in [0.15, 0.2) is 72.9 Å².